The first-order chi connectivity index (χ1) is 10.8. The predicted molar refractivity (Wildman–Crippen MR) is 108 cm³/mol. The first-order valence-electron chi connectivity index (χ1n) is 8.16. The zero-order valence-electron chi connectivity index (χ0n) is 13.6. The summed E-state index contributed by atoms with van der Waals surface area (Å²) >= 11 is 1.46. The van der Waals surface area contributed by atoms with Crippen molar-refractivity contribution in [2.45, 2.75) is 45.1 Å². The highest BCUT2D eigenvalue weighted by atomic mass is 127. The Labute approximate surface area is 159 Å². The van der Waals surface area contributed by atoms with Crippen molar-refractivity contribution in [2.75, 3.05) is 19.6 Å². The first-order valence-corrected chi connectivity index (χ1v) is 9.04. The molecule has 1 aliphatic rings. The number of amides is 1. The van der Waals surface area contributed by atoms with Crippen LogP contribution in [-0.4, -0.2) is 37.5 Å². The molecule has 1 saturated carbocycles. The van der Waals surface area contributed by atoms with E-state index in [1.165, 1.54) is 37.0 Å². The maximum absolute atomic E-state index is 11.8. The second-order valence-corrected chi connectivity index (χ2v) is 6.42. The molecule has 1 aliphatic carbocycles. The Kier molecular flexibility index (Phi) is 10.3. The van der Waals surface area contributed by atoms with E-state index in [1.807, 2.05) is 17.5 Å². The molecular formula is C16H27IN4OS. The van der Waals surface area contributed by atoms with Crippen LogP contribution in [0, 0.1) is 0 Å². The Morgan fingerprint density at radius 1 is 1.35 bits per heavy atom. The maximum atomic E-state index is 11.8. The van der Waals surface area contributed by atoms with Crippen molar-refractivity contribution >= 4 is 47.2 Å². The minimum atomic E-state index is 0. The van der Waals surface area contributed by atoms with Gasteiger partial charge >= 0.3 is 0 Å². The minimum absolute atomic E-state index is 0. The van der Waals surface area contributed by atoms with Crippen molar-refractivity contribution in [1.29, 1.82) is 0 Å². The number of thiophene rings is 1. The molecule has 1 aromatic heterocycles. The van der Waals surface area contributed by atoms with E-state index in [1.54, 1.807) is 0 Å². The molecule has 1 amide bonds. The van der Waals surface area contributed by atoms with Gasteiger partial charge in [-0.25, -0.2) is 0 Å². The molecule has 0 radical (unpaired) electrons. The smallest absolute Gasteiger partial charge is 0.261 e. The summed E-state index contributed by atoms with van der Waals surface area (Å²) < 4.78 is 0. The molecule has 5 nitrogen and oxygen atoms in total. The average Bonchev–Trinajstić information content (AvgIpc) is 3.20. The Morgan fingerprint density at radius 3 is 2.78 bits per heavy atom. The molecule has 2 rings (SSSR count). The number of halogens is 1. The highest BCUT2D eigenvalue weighted by Gasteiger charge is 2.15. The van der Waals surface area contributed by atoms with Crippen LogP contribution in [0.5, 0.6) is 0 Å². The molecule has 0 aromatic carbocycles. The Balaban J connectivity index is 0.00000264. The summed E-state index contributed by atoms with van der Waals surface area (Å²) in [6, 6.07) is 4.30. The van der Waals surface area contributed by atoms with Crippen LogP contribution in [0.4, 0.5) is 0 Å². The molecule has 0 unspecified atom stereocenters. The largest absolute Gasteiger partial charge is 0.357 e. The second-order valence-electron chi connectivity index (χ2n) is 5.47. The van der Waals surface area contributed by atoms with Crippen molar-refractivity contribution in [3.8, 4) is 0 Å². The molecule has 0 aliphatic heterocycles. The number of hydrogen-bond donors (Lipinski definition) is 3. The Morgan fingerprint density at radius 2 is 2.13 bits per heavy atom. The molecule has 0 bridgehead atoms. The highest BCUT2D eigenvalue weighted by Crippen LogP contribution is 2.17. The van der Waals surface area contributed by atoms with Gasteiger partial charge in [-0.05, 0) is 37.6 Å². The number of guanidine groups is 1. The topological polar surface area (TPSA) is 65.5 Å². The van der Waals surface area contributed by atoms with E-state index in [9.17, 15) is 4.79 Å². The fourth-order valence-corrected chi connectivity index (χ4v) is 3.19. The number of aliphatic imine (C=N–C) groups is 1. The first kappa shape index (κ1) is 20.2. The van der Waals surface area contributed by atoms with Gasteiger partial charge in [0.15, 0.2) is 5.96 Å². The summed E-state index contributed by atoms with van der Waals surface area (Å²) in [4.78, 5) is 17.1. The van der Waals surface area contributed by atoms with E-state index in [0.717, 1.165) is 23.8 Å². The van der Waals surface area contributed by atoms with E-state index in [-0.39, 0.29) is 29.9 Å². The van der Waals surface area contributed by atoms with E-state index in [2.05, 4.69) is 27.9 Å². The van der Waals surface area contributed by atoms with Gasteiger partial charge in [-0.2, -0.15) is 0 Å². The molecule has 7 heteroatoms. The van der Waals surface area contributed by atoms with E-state index in [4.69, 9.17) is 0 Å². The molecule has 1 heterocycles. The third-order valence-electron chi connectivity index (χ3n) is 3.68. The molecule has 0 atom stereocenters. The summed E-state index contributed by atoms with van der Waals surface area (Å²) in [6.45, 7) is 4.32. The zero-order valence-corrected chi connectivity index (χ0v) is 16.8. The lowest BCUT2D eigenvalue weighted by atomic mass is 10.2. The number of carbonyl (C=O) groups excluding carboxylic acids is 1. The van der Waals surface area contributed by atoms with E-state index in [0.29, 0.717) is 19.1 Å². The molecule has 1 fully saturated rings. The quantitative estimate of drug-likeness (QED) is 0.259. The molecule has 0 spiro atoms. The van der Waals surface area contributed by atoms with Crippen molar-refractivity contribution in [3.63, 3.8) is 0 Å². The van der Waals surface area contributed by atoms with Crippen molar-refractivity contribution in [2.24, 2.45) is 4.99 Å². The van der Waals surface area contributed by atoms with Crippen LogP contribution < -0.4 is 16.0 Å². The van der Waals surface area contributed by atoms with Crippen molar-refractivity contribution < 1.29 is 4.79 Å². The lowest BCUT2D eigenvalue weighted by Gasteiger charge is -2.16. The SMILES string of the molecule is CCNC(=NCCCNC(=O)c1cccs1)NC1CCCC1.I. The zero-order chi connectivity index (χ0) is 15.6. The van der Waals surface area contributed by atoms with Gasteiger partial charge in [-0.15, -0.1) is 35.3 Å². The molecular weight excluding hydrogens is 423 g/mol. The number of rotatable bonds is 7. The molecule has 0 saturated heterocycles. The van der Waals surface area contributed by atoms with Gasteiger partial charge in [-0.1, -0.05) is 18.9 Å². The van der Waals surface area contributed by atoms with Gasteiger partial charge in [0.1, 0.15) is 0 Å². The monoisotopic (exact) mass is 450 g/mol. The highest BCUT2D eigenvalue weighted by molar-refractivity contribution is 14.0. The van der Waals surface area contributed by atoms with Crippen LogP contribution in [0.15, 0.2) is 22.5 Å². The number of nitrogens with one attached hydrogen (secondary N) is 3. The third-order valence-corrected chi connectivity index (χ3v) is 4.54. The number of hydrogen-bond acceptors (Lipinski definition) is 3. The molecule has 130 valence electrons. The van der Waals surface area contributed by atoms with Gasteiger partial charge < -0.3 is 16.0 Å². The fraction of sp³-hybridized carbons (Fsp3) is 0.625. The Bertz CT molecular complexity index is 472. The second kappa shape index (κ2) is 11.7. The summed E-state index contributed by atoms with van der Waals surface area (Å²) in [5.74, 6) is 0.911. The lowest BCUT2D eigenvalue weighted by molar-refractivity contribution is 0.0957. The van der Waals surface area contributed by atoms with Gasteiger partial charge in [0, 0.05) is 25.7 Å². The van der Waals surface area contributed by atoms with E-state index < -0.39 is 0 Å². The standard InChI is InChI=1S/C16H26N4OS.HI/c1-2-17-16(20-13-7-3-4-8-13)19-11-6-10-18-15(21)14-9-5-12-22-14;/h5,9,12-13H,2-4,6-8,10-11H2,1H3,(H,18,21)(H2,17,19,20);1H. The third kappa shape index (κ3) is 7.52. The summed E-state index contributed by atoms with van der Waals surface area (Å²) in [7, 11) is 0. The summed E-state index contributed by atoms with van der Waals surface area (Å²) in [6.07, 6.45) is 5.94. The number of nitrogens with zero attached hydrogens (tertiary/aromatic N) is 1. The van der Waals surface area contributed by atoms with Gasteiger partial charge in [0.05, 0.1) is 4.88 Å². The van der Waals surface area contributed by atoms with Crippen LogP contribution in [-0.2, 0) is 0 Å². The van der Waals surface area contributed by atoms with Gasteiger partial charge in [0.25, 0.3) is 5.91 Å². The number of carbonyl (C=O) groups is 1. The predicted octanol–water partition coefficient (Wildman–Crippen LogP) is 2.98. The van der Waals surface area contributed by atoms with Crippen molar-refractivity contribution in [1.82, 2.24) is 16.0 Å². The molecule has 23 heavy (non-hydrogen) atoms. The van der Waals surface area contributed by atoms with Crippen LogP contribution >= 0.6 is 35.3 Å². The normalized spacial score (nSPS) is 15.1. The van der Waals surface area contributed by atoms with Crippen molar-refractivity contribution in [3.05, 3.63) is 22.4 Å². The minimum Gasteiger partial charge on any atom is -0.357 e. The lowest BCUT2D eigenvalue weighted by Crippen LogP contribution is -2.42. The van der Waals surface area contributed by atoms with E-state index >= 15 is 0 Å². The fourth-order valence-electron chi connectivity index (χ4n) is 2.55. The Hall–Kier alpha value is -0.830. The summed E-state index contributed by atoms with van der Waals surface area (Å²) in [5, 5.41) is 11.6. The summed E-state index contributed by atoms with van der Waals surface area (Å²) in [5.41, 5.74) is 0. The average molecular weight is 450 g/mol. The van der Waals surface area contributed by atoms with Crippen LogP contribution in [0.1, 0.15) is 48.7 Å². The van der Waals surface area contributed by atoms with Gasteiger partial charge in [0.2, 0.25) is 0 Å². The maximum Gasteiger partial charge on any atom is 0.261 e. The molecule has 1 aromatic rings. The van der Waals surface area contributed by atoms with Gasteiger partial charge in [-0.3, -0.25) is 9.79 Å². The van der Waals surface area contributed by atoms with Crippen LogP contribution in [0.25, 0.3) is 0 Å². The molecule has 3 N–H and O–H groups in total. The van der Waals surface area contributed by atoms with Crippen LogP contribution in [0.3, 0.4) is 0 Å². The van der Waals surface area contributed by atoms with Crippen LogP contribution in [0.2, 0.25) is 0 Å².